The molecule has 0 bridgehead atoms. The Kier molecular flexibility index (Phi) is 5.92. The molecule has 2 heterocycles. The molecule has 7 heteroatoms. The lowest BCUT2D eigenvalue weighted by Crippen LogP contribution is -2.50. The maximum absolute atomic E-state index is 11.6. The average molecular weight is 407 g/mol. The lowest BCUT2D eigenvalue weighted by atomic mass is 9.80. The fraction of sp³-hybridized carbons (Fsp3) is 0.348. The van der Waals surface area contributed by atoms with E-state index < -0.39 is 11.9 Å². The highest BCUT2D eigenvalue weighted by molar-refractivity contribution is 5.90. The zero-order chi connectivity index (χ0) is 21.0. The van der Waals surface area contributed by atoms with E-state index in [9.17, 15) is 9.70 Å². The van der Waals surface area contributed by atoms with E-state index in [-0.39, 0.29) is 5.60 Å². The minimum Gasteiger partial charge on any atom is -0.487 e. The van der Waals surface area contributed by atoms with Crippen molar-refractivity contribution in [2.24, 2.45) is 5.18 Å². The van der Waals surface area contributed by atoms with Gasteiger partial charge in [-0.05, 0) is 42.2 Å². The molecule has 1 unspecified atom stereocenters. The van der Waals surface area contributed by atoms with Crippen LogP contribution in [0, 0.1) is 4.91 Å². The van der Waals surface area contributed by atoms with E-state index in [1.807, 2.05) is 24.3 Å². The highest BCUT2D eigenvalue weighted by Gasteiger charge is 2.43. The lowest BCUT2D eigenvalue weighted by Gasteiger charge is -2.45. The summed E-state index contributed by atoms with van der Waals surface area (Å²) >= 11 is 0. The summed E-state index contributed by atoms with van der Waals surface area (Å²) in [6.07, 6.45) is 5.05. The number of hydrogen-bond donors (Lipinski definition) is 2. The highest BCUT2D eigenvalue weighted by Crippen LogP contribution is 2.46. The van der Waals surface area contributed by atoms with Crippen LogP contribution in [0.2, 0.25) is 0 Å². The molecule has 2 aromatic carbocycles. The standard InChI is InChI=1S/C23H25N3O4/c27-22(25-29)9-7-17-6-8-21-19(14-17)20(24-28)15-23(30-21)10-12-26(13-11-23)16-18-4-2-1-3-5-18/h1-9,14,20,29H,10-13,15-16H2,(H,25,27). The molecule has 2 aromatic rings. The number of likely N-dealkylation sites (tertiary alicyclic amines) is 1. The zero-order valence-corrected chi connectivity index (χ0v) is 16.7. The maximum atomic E-state index is 11.6. The van der Waals surface area contributed by atoms with Gasteiger partial charge in [0.2, 0.25) is 0 Å². The molecule has 0 aliphatic carbocycles. The van der Waals surface area contributed by atoms with Gasteiger partial charge in [-0.15, -0.1) is 0 Å². The summed E-state index contributed by atoms with van der Waals surface area (Å²) in [7, 11) is 0. The number of fused-ring (bicyclic) bond motifs is 1. The van der Waals surface area contributed by atoms with Crippen LogP contribution in [-0.4, -0.2) is 34.7 Å². The third-order valence-corrected chi connectivity index (χ3v) is 5.97. The van der Waals surface area contributed by atoms with E-state index in [0.29, 0.717) is 12.2 Å². The molecule has 30 heavy (non-hydrogen) atoms. The van der Waals surface area contributed by atoms with Crippen molar-refractivity contribution < 1.29 is 14.7 Å². The Morgan fingerprint density at radius 2 is 2.00 bits per heavy atom. The summed E-state index contributed by atoms with van der Waals surface area (Å²) in [5, 5.41) is 12.0. The second kappa shape index (κ2) is 8.77. The molecule has 1 atom stereocenters. The maximum Gasteiger partial charge on any atom is 0.267 e. The smallest absolute Gasteiger partial charge is 0.267 e. The molecule has 2 aliphatic heterocycles. The predicted molar refractivity (Wildman–Crippen MR) is 113 cm³/mol. The minimum atomic E-state index is -0.616. The van der Waals surface area contributed by atoms with Gasteiger partial charge in [0.05, 0.1) is 0 Å². The Hall–Kier alpha value is -3.03. The number of ether oxygens (including phenoxy) is 1. The molecule has 1 amide bonds. The average Bonchev–Trinajstić information content (AvgIpc) is 2.79. The predicted octanol–water partition coefficient (Wildman–Crippen LogP) is 3.83. The van der Waals surface area contributed by atoms with Crippen LogP contribution in [0.1, 0.15) is 42.0 Å². The summed E-state index contributed by atoms with van der Waals surface area (Å²) in [5.74, 6) is 0.0707. The Labute approximate surface area is 175 Å². The van der Waals surface area contributed by atoms with Crippen molar-refractivity contribution in [3.8, 4) is 5.75 Å². The van der Waals surface area contributed by atoms with Gasteiger partial charge in [-0.25, -0.2) is 5.48 Å². The summed E-state index contributed by atoms with van der Waals surface area (Å²) in [4.78, 5) is 25.3. The van der Waals surface area contributed by atoms with Crippen LogP contribution >= 0.6 is 0 Å². The summed E-state index contributed by atoms with van der Waals surface area (Å²) in [6, 6.07) is 15.4. The van der Waals surface area contributed by atoms with Crippen molar-refractivity contribution >= 4 is 12.0 Å². The van der Waals surface area contributed by atoms with Crippen LogP contribution in [0.25, 0.3) is 6.08 Å². The van der Waals surface area contributed by atoms with Gasteiger partial charge in [-0.2, -0.15) is 4.91 Å². The fourth-order valence-corrected chi connectivity index (χ4v) is 4.33. The minimum absolute atomic E-state index is 0.368. The molecule has 1 spiro atoms. The summed E-state index contributed by atoms with van der Waals surface area (Å²) in [5.41, 5.74) is 3.96. The van der Waals surface area contributed by atoms with E-state index in [0.717, 1.165) is 43.6 Å². The molecular formula is C23H25N3O4. The van der Waals surface area contributed by atoms with Crippen LogP contribution in [0.15, 0.2) is 59.8 Å². The van der Waals surface area contributed by atoms with Crippen LogP contribution in [0.3, 0.4) is 0 Å². The van der Waals surface area contributed by atoms with Crippen molar-refractivity contribution in [2.75, 3.05) is 13.1 Å². The molecular weight excluding hydrogens is 382 g/mol. The number of nitrogens with one attached hydrogen (secondary N) is 1. The van der Waals surface area contributed by atoms with Crippen LogP contribution in [0.4, 0.5) is 0 Å². The molecule has 7 nitrogen and oxygen atoms in total. The number of hydroxylamine groups is 1. The first kappa shape index (κ1) is 20.3. The number of hydrogen-bond acceptors (Lipinski definition) is 6. The number of nitrogens with zero attached hydrogens (tertiary/aromatic N) is 2. The van der Waals surface area contributed by atoms with Crippen LogP contribution in [-0.2, 0) is 11.3 Å². The van der Waals surface area contributed by atoms with Gasteiger partial charge in [0.15, 0.2) is 0 Å². The van der Waals surface area contributed by atoms with Crippen molar-refractivity contribution in [1.29, 1.82) is 0 Å². The molecule has 0 aromatic heterocycles. The normalized spacial score (nSPS) is 20.5. The van der Waals surface area contributed by atoms with Crippen LogP contribution < -0.4 is 10.2 Å². The third-order valence-electron chi connectivity index (χ3n) is 5.97. The number of carbonyl (C=O) groups excluding carboxylic acids is 1. The van der Waals surface area contributed by atoms with Gasteiger partial charge in [-0.3, -0.25) is 14.9 Å². The quantitative estimate of drug-likeness (QED) is 0.340. The number of amides is 1. The van der Waals surface area contributed by atoms with Gasteiger partial charge >= 0.3 is 0 Å². The molecule has 156 valence electrons. The molecule has 4 rings (SSSR count). The topological polar surface area (TPSA) is 91.2 Å². The monoisotopic (exact) mass is 407 g/mol. The molecule has 0 saturated carbocycles. The van der Waals surface area contributed by atoms with Crippen molar-refractivity contribution in [2.45, 2.75) is 37.5 Å². The zero-order valence-electron chi connectivity index (χ0n) is 16.7. The Morgan fingerprint density at radius 1 is 1.23 bits per heavy atom. The SMILES string of the molecule is O=NC1CC2(CCN(Cc3ccccc3)CC2)Oc2ccc(C=CC(=O)NO)cc21. The largest absolute Gasteiger partial charge is 0.487 e. The Morgan fingerprint density at radius 3 is 2.70 bits per heavy atom. The fourth-order valence-electron chi connectivity index (χ4n) is 4.33. The summed E-state index contributed by atoms with van der Waals surface area (Å²) in [6.45, 7) is 2.74. The number of nitroso groups, excluding NO2 is 1. The van der Waals surface area contributed by atoms with E-state index in [1.165, 1.54) is 11.6 Å². The van der Waals surface area contributed by atoms with Gasteiger partial charge in [0.1, 0.15) is 17.4 Å². The number of piperidine rings is 1. The molecule has 2 N–H and O–H groups in total. The second-order valence-corrected chi connectivity index (χ2v) is 7.98. The van der Waals surface area contributed by atoms with E-state index in [1.54, 1.807) is 11.6 Å². The van der Waals surface area contributed by atoms with Crippen molar-refractivity contribution in [3.05, 3.63) is 76.2 Å². The first-order chi connectivity index (χ1) is 14.6. The Balaban J connectivity index is 1.46. The third kappa shape index (κ3) is 4.42. The molecule has 2 aliphatic rings. The van der Waals surface area contributed by atoms with E-state index >= 15 is 0 Å². The highest BCUT2D eigenvalue weighted by atomic mass is 16.5. The van der Waals surface area contributed by atoms with Gasteiger partial charge in [-0.1, -0.05) is 41.6 Å². The number of carbonyl (C=O) groups is 1. The molecule has 0 radical (unpaired) electrons. The first-order valence-corrected chi connectivity index (χ1v) is 10.1. The second-order valence-electron chi connectivity index (χ2n) is 7.98. The van der Waals surface area contributed by atoms with E-state index in [2.05, 4.69) is 34.3 Å². The van der Waals surface area contributed by atoms with Crippen LogP contribution in [0.5, 0.6) is 5.75 Å². The molecule has 1 fully saturated rings. The van der Waals surface area contributed by atoms with Gasteiger partial charge in [0.25, 0.3) is 5.91 Å². The van der Waals surface area contributed by atoms with Crippen molar-refractivity contribution in [1.82, 2.24) is 10.4 Å². The number of rotatable bonds is 5. The molecule has 1 saturated heterocycles. The number of benzene rings is 2. The summed E-state index contributed by atoms with van der Waals surface area (Å²) < 4.78 is 6.42. The van der Waals surface area contributed by atoms with Gasteiger partial charge < -0.3 is 4.74 Å². The van der Waals surface area contributed by atoms with Crippen molar-refractivity contribution in [3.63, 3.8) is 0 Å². The Bertz CT molecular complexity index is 937. The van der Waals surface area contributed by atoms with E-state index in [4.69, 9.17) is 9.94 Å². The first-order valence-electron chi connectivity index (χ1n) is 10.1. The van der Waals surface area contributed by atoms with Gasteiger partial charge in [0, 0.05) is 37.7 Å². The lowest BCUT2D eigenvalue weighted by molar-refractivity contribution is -0.124.